The quantitative estimate of drug-likeness (QED) is 0.242. The van der Waals surface area contributed by atoms with Crippen LogP contribution in [0.25, 0.3) is 0 Å². The van der Waals surface area contributed by atoms with Crippen molar-refractivity contribution in [2.45, 2.75) is 26.1 Å². The molecule has 0 unspecified atom stereocenters. The van der Waals surface area contributed by atoms with Crippen molar-refractivity contribution >= 4 is 17.6 Å². The smallest absolute Gasteiger partial charge is 0.328 e. The minimum absolute atomic E-state index is 0.0433. The fourth-order valence-electron chi connectivity index (χ4n) is 3.50. The Hall–Kier alpha value is -4.40. The third kappa shape index (κ3) is 6.14. The van der Waals surface area contributed by atoms with Crippen LogP contribution in [0, 0.1) is 10.1 Å². The molecular weight excluding hydrogens is 452 g/mol. The van der Waals surface area contributed by atoms with Crippen LogP contribution < -0.4 is 9.47 Å². The maximum atomic E-state index is 13.6. The fourth-order valence-corrected chi connectivity index (χ4v) is 3.50. The van der Waals surface area contributed by atoms with Crippen LogP contribution in [0.1, 0.15) is 28.4 Å². The molecule has 9 heteroatoms. The first-order valence-electron chi connectivity index (χ1n) is 10.8. The number of rotatable bonds is 10. The number of nitrogens with zero attached hydrogens (tertiary/aromatic N) is 2. The van der Waals surface area contributed by atoms with E-state index in [-0.39, 0.29) is 30.2 Å². The number of hydrogen-bond acceptors (Lipinski definition) is 7. The number of nitro benzene ring substituents is 1. The second-order valence-corrected chi connectivity index (χ2v) is 7.67. The lowest BCUT2D eigenvalue weighted by Crippen LogP contribution is -2.43. The maximum Gasteiger partial charge on any atom is 0.328 e. The molecule has 3 rings (SSSR count). The van der Waals surface area contributed by atoms with Gasteiger partial charge in [-0.2, -0.15) is 0 Å². The van der Waals surface area contributed by atoms with E-state index in [9.17, 15) is 19.7 Å². The summed E-state index contributed by atoms with van der Waals surface area (Å²) in [5.74, 6) is -1.09. The van der Waals surface area contributed by atoms with Crippen molar-refractivity contribution in [1.82, 2.24) is 4.90 Å². The molecule has 0 heterocycles. The molecule has 0 bridgehead atoms. The predicted octanol–water partition coefficient (Wildman–Crippen LogP) is 4.39. The first-order chi connectivity index (χ1) is 16.8. The van der Waals surface area contributed by atoms with Gasteiger partial charge in [0.25, 0.3) is 11.6 Å². The summed E-state index contributed by atoms with van der Waals surface area (Å²) in [5, 5.41) is 11.9. The molecule has 0 N–H and O–H groups in total. The number of methoxy groups -OCH3 is 2. The van der Waals surface area contributed by atoms with Gasteiger partial charge in [0.05, 0.1) is 25.2 Å². The normalized spacial score (nSPS) is 11.3. The molecule has 0 radical (unpaired) electrons. The van der Waals surface area contributed by atoms with Crippen LogP contribution >= 0.6 is 0 Å². The van der Waals surface area contributed by atoms with Crippen LogP contribution in [0.5, 0.6) is 11.5 Å². The molecule has 0 fully saturated rings. The molecule has 0 aliphatic carbocycles. The Labute approximate surface area is 203 Å². The van der Waals surface area contributed by atoms with E-state index in [1.807, 2.05) is 36.4 Å². The molecule has 0 aliphatic rings. The Morgan fingerprint density at radius 1 is 0.943 bits per heavy atom. The summed E-state index contributed by atoms with van der Waals surface area (Å²) in [6, 6.07) is 19.7. The van der Waals surface area contributed by atoms with E-state index < -0.39 is 28.5 Å². The van der Waals surface area contributed by atoms with Gasteiger partial charge >= 0.3 is 5.97 Å². The molecule has 0 spiro atoms. The zero-order valence-electron chi connectivity index (χ0n) is 19.7. The lowest BCUT2D eigenvalue weighted by Gasteiger charge is -2.28. The van der Waals surface area contributed by atoms with Gasteiger partial charge in [0.2, 0.25) is 0 Å². The second kappa shape index (κ2) is 11.6. The van der Waals surface area contributed by atoms with E-state index in [0.29, 0.717) is 0 Å². The highest BCUT2D eigenvalue weighted by atomic mass is 16.6. The predicted molar refractivity (Wildman–Crippen MR) is 128 cm³/mol. The topological polar surface area (TPSA) is 108 Å². The van der Waals surface area contributed by atoms with Crippen LogP contribution in [0.4, 0.5) is 5.69 Å². The molecule has 3 aromatic carbocycles. The van der Waals surface area contributed by atoms with Gasteiger partial charge in [-0.15, -0.1) is 0 Å². The molecule has 1 amide bonds. The Bertz CT molecular complexity index is 1180. The molecular formula is C26H26N2O7. The Kier molecular flexibility index (Phi) is 8.39. The van der Waals surface area contributed by atoms with Crippen LogP contribution in [-0.2, 0) is 22.7 Å². The van der Waals surface area contributed by atoms with E-state index in [0.717, 1.165) is 11.1 Å². The van der Waals surface area contributed by atoms with E-state index in [1.165, 1.54) is 38.2 Å². The lowest BCUT2D eigenvalue weighted by atomic mass is 10.1. The van der Waals surface area contributed by atoms with Gasteiger partial charge in [-0.25, -0.2) is 4.79 Å². The molecule has 182 valence electrons. The van der Waals surface area contributed by atoms with Crippen molar-refractivity contribution in [3.8, 4) is 11.5 Å². The summed E-state index contributed by atoms with van der Waals surface area (Å²) >= 11 is 0. The van der Waals surface area contributed by atoms with Crippen LogP contribution in [0.15, 0.2) is 72.8 Å². The second-order valence-electron chi connectivity index (χ2n) is 7.67. The van der Waals surface area contributed by atoms with Gasteiger partial charge in [0, 0.05) is 12.6 Å². The number of hydrogen-bond donors (Lipinski definition) is 0. The molecule has 0 aromatic heterocycles. The average molecular weight is 479 g/mol. The van der Waals surface area contributed by atoms with Crippen molar-refractivity contribution in [1.29, 1.82) is 0 Å². The number of nitro groups is 1. The number of carbonyl (C=O) groups excluding carboxylic acids is 2. The van der Waals surface area contributed by atoms with Gasteiger partial charge in [-0.1, -0.05) is 60.7 Å². The highest BCUT2D eigenvalue weighted by Gasteiger charge is 2.33. The zero-order valence-corrected chi connectivity index (χ0v) is 19.7. The van der Waals surface area contributed by atoms with Crippen molar-refractivity contribution < 1.29 is 28.7 Å². The van der Waals surface area contributed by atoms with Crippen molar-refractivity contribution in [3.63, 3.8) is 0 Å². The van der Waals surface area contributed by atoms with E-state index in [2.05, 4.69) is 0 Å². The average Bonchev–Trinajstić information content (AvgIpc) is 2.89. The van der Waals surface area contributed by atoms with Crippen molar-refractivity contribution in [2.75, 3.05) is 14.2 Å². The summed E-state index contributed by atoms with van der Waals surface area (Å²) in [7, 11) is 2.60. The van der Waals surface area contributed by atoms with Gasteiger partial charge in [0.1, 0.15) is 18.2 Å². The molecule has 0 saturated carbocycles. The molecule has 9 nitrogen and oxygen atoms in total. The third-order valence-corrected chi connectivity index (χ3v) is 5.41. The first-order valence-corrected chi connectivity index (χ1v) is 10.8. The number of esters is 1. The van der Waals surface area contributed by atoms with Crippen LogP contribution in [0.2, 0.25) is 0 Å². The third-order valence-electron chi connectivity index (χ3n) is 5.41. The Balaban J connectivity index is 2.01. The summed E-state index contributed by atoms with van der Waals surface area (Å²) in [6.07, 6.45) is 0. The van der Waals surface area contributed by atoms with E-state index in [4.69, 9.17) is 14.2 Å². The first kappa shape index (κ1) is 25.2. The molecule has 35 heavy (non-hydrogen) atoms. The lowest BCUT2D eigenvalue weighted by molar-refractivity contribution is -0.385. The summed E-state index contributed by atoms with van der Waals surface area (Å²) in [4.78, 5) is 38.4. The van der Waals surface area contributed by atoms with E-state index in [1.54, 1.807) is 24.3 Å². The van der Waals surface area contributed by atoms with E-state index >= 15 is 0 Å². The van der Waals surface area contributed by atoms with Crippen LogP contribution in [0.3, 0.4) is 0 Å². The van der Waals surface area contributed by atoms with Gasteiger partial charge < -0.3 is 19.1 Å². The summed E-state index contributed by atoms with van der Waals surface area (Å²) in [5.41, 5.74) is 0.909. The number of ether oxygens (including phenoxy) is 3. The Morgan fingerprint density at radius 2 is 1.54 bits per heavy atom. The van der Waals surface area contributed by atoms with Gasteiger partial charge in [0.15, 0.2) is 11.5 Å². The summed E-state index contributed by atoms with van der Waals surface area (Å²) in [6.45, 7) is 1.70. The largest absolute Gasteiger partial charge is 0.493 e. The maximum absolute atomic E-state index is 13.6. The highest BCUT2D eigenvalue weighted by Crippen LogP contribution is 2.36. The standard InChI is InChI=1S/C26H26N2O7/c1-18(26(30)34-3)27(16-19-10-6-4-7-11-19)25(29)21-14-23(33-2)24(15-22(21)28(31)32)35-17-20-12-8-5-9-13-20/h4-15,18H,16-17H2,1-3H3/t18-/m0/s1. The Morgan fingerprint density at radius 3 is 2.09 bits per heavy atom. The van der Waals surface area contributed by atoms with Gasteiger partial charge in [-0.05, 0) is 18.1 Å². The van der Waals surface area contributed by atoms with Crippen molar-refractivity contribution in [2.24, 2.45) is 0 Å². The molecule has 3 aromatic rings. The zero-order chi connectivity index (χ0) is 25.4. The number of carbonyl (C=O) groups is 2. The SMILES string of the molecule is COC(=O)[C@H](C)N(Cc1ccccc1)C(=O)c1cc(OC)c(OCc2ccccc2)cc1[N+](=O)[O-]. The number of benzene rings is 3. The minimum Gasteiger partial charge on any atom is -0.493 e. The van der Waals surface area contributed by atoms with Gasteiger partial charge in [-0.3, -0.25) is 14.9 Å². The minimum atomic E-state index is -0.993. The highest BCUT2D eigenvalue weighted by molar-refractivity contribution is 6.00. The molecule has 0 aliphatic heterocycles. The van der Waals surface area contributed by atoms with Crippen LogP contribution in [-0.4, -0.2) is 42.0 Å². The summed E-state index contributed by atoms with van der Waals surface area (Å²) < 4.78 is 16.0. The fraction of sp³-hybridized carbons (Fsp3) is 0.231. The van der Waals surface area contributed by atoms with Crippen molar-refractivity contribution in [3.05, 3.63) is 99.6 Å². The molecule has 0 saturated heterocycles. The number of amides is 1. The monoisotopic (exact) mass is 478 g/mol. The molecule has 1 atom stereocenters.